The zero-order valence-corrected chi connectivity index (χ0v) is 8.77. The molecular weight excluding hydrogens is 194 g/mol. The van der Waals surface area contributed by atoms with Crippen molar-refractivity contribution in [2.45, 2.75) is 32.2 Å². The van der Waals surface area contributed by atoms with E-state index in [0.29, 0.717) is 0 Å². The van der Waals surface area contributed by atoms with Gasteiger partial charge in [-0.3, -0.25) is 0 Å². The highest BCUT2D eigenvalue weighted by atomic mass is 16.5. The van der Waals surface area contributed by atoms with Crippen LogP contribution in [0.4, 0.5) is 4.79 Å². The molecule has 0 spiro atoms. The van der Waals surface area contributed by atoms with Crippen molar-refractivity contribution in [3.05, 3.63) is 17.5 Å². The van der Waals surface area contributed by atoms with Crippen LogP contribution >= 0.6 is 0 Å². The number of likely N-dealkylation sites (tertiary alicyclic amines) is 1. The Kier molecular flexibility index (Phi) is 2.62. The average molecular weight is 209 g/mol. The zero-order valence-electron chi connectivity index (χ0n) is 8.77. The Morgan fingerprint density at radius 3 is 3.07 bits per heavy atom. The maximum Gasteiger partial charge on any atom is 0.315 e. The number of nitrogens with zero attached hydrogens (tertiary/aromatic N) is 2. The molecule has 1 fully saturated rings. The van der Waals surface area contributed by atoms with Crippen molar-refractivity contribution in [1.29, 1.82) is 0 Å². The van der Waals surface area contributed by atoms with E-state index >= 15 is 0 Å². The summed E-state index contributed by atoms with van der Waals surface area (Å²) < 4.78 is 5.02. The van der Waals surface area contributed by atoms with Gasteiger partial charge in [0, 0.05) is 12.1 Å². The van der Waals surface area contributed by atoms with Gasteiger partial charge in [-0.25, -0.2) is 4.79 Å². The van der Waals surface area contributed by atoms with Gasteiger partial charge in [0.25, 0.3) is 0 Å². The quantitative estimate of drug-likeness (QED) is 0.763. The van der Waals surface area contributed by atoms with Crippen molar-refractivity contribution < 1.29 is 9.32 Å². The molecule has 2 amide bonds. The lowest BCUT2D eigenvalue weighted by molar-refractivity contribution is 0.159. The number of hydrogen-bond acceptors (Lipinski definition) is 3. The number of urea groups is 1. The molecule has 0 radical (unpaired) electrons. The molecule has 1 aliphatic heterocycles. The second kappa shape index (κ2) is 3.92. The average Bonchev–Trinajstić information content (AvgIpc) is 2.64. The van der Waals surface area contributed by atoms with Crippen molar-refractivity contribution in [3.8, 4) is 0 Å². The molecule has 2 N–H and O–H groups in total. The van der Waals surface area contributed by atoms with Crippen LogP contribution in [-0.2, 0) is 0 Å². The molecule has 2 heterocycles. The van der Waals surface area contributed by atoms with Crippen LogP contribution in [-0.4, -0.2) is 22.6 Å². The lowest BCUT2D eigenvalue weighted by Crippen LogP contribution is -2.41. The first-order chi connectivity index (χ1) is 7.20. The fourth-order valence-electron chi connectivity index (χ4n) is 2.15. The van der Waals surface area contributed by atoms with Crippen LogP contribution in [0.1, 0.15) is 36.6 Å². The molecule has 0 aliphatic carbocycles. The van der Waals surface area contributed by atoms with Crippen LogP contribution < -0.4 is 5.73 Å². The number of rotatable bonds is 1. The van der Waals surface area contributed by atoms with Gasteiger partial charge < -0.3 is 15.2 Å². The predicted molar refractivity (Wildman–Crippen MR) is 54.1 cm³/mol. The summed E-state index contributed by atoms with van der Waals surface area (Å²) in [6.45, 7) is 2.58. The first-order valence-electron chi connectivity index (χ1n) is 5.17. The highest BCUT2D eigenvalue weighted by molar-refractivity contribution is 5.72. The number of piperidine rings is 1. The van der Waals surface area contributed by atoms with Gasteiger partial charge in [-0.15, -0.1) is 0 Å². The van der Waals surface area contributed by atoms with E-state index in [2.05, 4.69) is 5.16 Å². The summed E-state index contributed by atoms with van der Waals surface area (Å²) in [6, 6.07) is -0.317. The van der Waals surface area contributed by atoms with Crippen LogP contribution in [0, 0.1) is 6.92 Å². The number of carbonyl (C=O) groups excluding carboxylic acids is 1. The predicted octanol–water partition coefficient (Wildman–Crippen LogP) is 1.59. The molecule has 0 aromatic carbocycles. The van der Waals surface area contributed by atoms with Gasteiger partial charge in [-0.2, -0.15) is 0 Å². The summed E-state index contributed by atoms with van der Waals surface area (Å²) in [6.07, 6.45) is 4.75. The standard InChI is InChI=1S/C10H15N3O2/c1-7-8(6-12-15-7)9-4-2-3-5-13(9)10(11)14/h6,9H,2-5H2,1H3,(H2,11,14). The summed E-state index contributed by atoms with van der Waals surface area (Å²) >= 11 is 0. The molecule has 1 aromatic heterocycles. The Hall–Kier alpha value is -1.52. The summed E-state index contributed by atoms with van der Waals surface area (Å²) in [7, 11) is 0. The Balaban J connectivity index is 2.25. The highest BCUT2D eigenvalue weighted by Crippen LogP contribution is 2.32. The minimum Gasteiger partial charge on any atom is -0.361 e. The molecule has 15 heavy (non-hydrogen) atoms. The van der Waals surface area contributed by atoms with Crippen molar-refractivity contribution >= 4 is 6.03 Å². The first kappa shape index (κ1) is 10.0. The largest absolute Gasteiger partial charge is 0.361 e. The number of carbonyl (C=O) groups is 1. The molecule has 1 aromatic rings. The van der Waals surface area contributed by atoms with E-state index in [1.807, 2.05) is 6.92 Å². The molecule has 1 atom stereocenters. The number of aryl methyl sites for hydroxylation is 1. The van der Waals surface area contributed by atoms with E-state index in [1.165, 1.54) is 0 Å². The van der Waals surface area contributed by atoms with Crippen molar-refractivity contribution in [1.82, 2.24) is 10.1 Å². The summed E-state index contributed by atoms with van der Waals surface area (Å²) in [5.74, 6) is 0.771. The Morgan fingerprint density at radius 2 is 2.47 bits per heavy atom. The Labute approximate surface area is 88.2 Å². The van der Waals surface area contributed by atoms with Gasteiger partial charge in [-0.1, -0.05) is 5.16 Å². The van der Waals surface area contributed by atoms with Crippen LogP contribution in [0.15, 0.2) is 10.7 Å². The zero-order chi connectivity index (χ0) is 10.8. The first-order valence-corrected chi connectivity index (χ1v) is 5.17. The van der Waals surface area contributed by atoms with E-state index in [4.69, 9.17) is 10.3 Å². The van der Waals surface area contributed by atoms with Crippen LogP contribution in [0.25, 0.3) is 0 Å². The summed E-state index contributed by atoms with van der Waals surface area (Å²) in [4.78, 5) is 13.0. The second-order valence-electron chi connectivity index (χ2n) is 3.88. The molecular formula is C10H15N3O2. The number of primary amides is 1. The molecule has 1 unspecified atom stereocenters. The number of aromatic nitrogens is 1. The third kappa shape index (κ3) is 1.82. The molecule has 2 rings (SSSR count). The lowest BCUT2D eigenvalue weighted by Gasteiger charge is -2.33. The van der Waals surface area contributed by atoms with Gasteiger partial charge >= 0.3 is 6.03 Å². The van der Waals surface area contributed by atoms with Gasteiger partial charge in [0.1, 0.15) is 5.76 Å². The highest BCUT2D eigenvalue weighted by Gasteiger charge is 2.28. The SMILES string of the molecule is Cc1oncc1C1CCCCN1C(N)=O. The van der Waals surface area contributed by atoms with Crippen molar-refractivity contribution in [3.63, 3.8) is 0 Å². The fraction of sp³-hybridized carbons (Fsp3) is 0.600. The van der Waals surface area contributed by atoms with Crippen molar-refractivity contribution in [2.75, 3.05) is 6.54 Å². The summed E-state index contributed by atoms with van der Waals surface area (Å²) in [5, 5.41) is 3.74. The van der Waals surface area contributed by atoms with Gasteiger partial charge in [-0.05, 0) is 26.2 Å². The minimum atomic E-state index is -0.361. The third-order valence-electron chi connectivity index (χ3n) is 2.93. The minimum absolute atomic E-state index is 0.0440. The maximum absolute atomic E-state index is 11.3. The molecule has 1 saturated heterocycles. The van der Waals surface area contributed by atoms with E-state index in [-0.39, 0.29) is 12.1 Å². The van der Waals surface area contributed by atoms with Crippen molar-refractivity contribution in [2.24, 2.45) is 5.73 Å². The monoisotopic (exact) mass is 209 g/mol. The normalized spacial score (nSPS) is 21.7. The fourth-order valence-corrected chi connectivity index (χ4v) is 2.15. The molecule has 5 heteroatoms. The topological polar surface area (TPSA) is 72.4 Å². The van der Waals surface area contributed by atoms with E-state index < -0.39 is 0 Å². The molecule has 82 valence electrons. The number of hydrogen-bond donors (Lipinski definition) is 1. The van der Waals surface area contributed by atoms with Crippen LogP contribution in [0.2, 0.25) is 0 Å². The Morgan fingerprint density at radius 1 is 1.67 bits per heavy atom. The molecule has 5 nitrogen and oxygen atoms in total. The molecule has 1 aliphatic rings. The third-order valence-corrected chi connectivity index (χ3v) is 2.93. The number of nitrogens with two attached hydrogens (primary N) is 1. The smallest absolute Gasteiger partial charge is 0.315 e. The van der Waals surface area contributed by atoms with E-state index in [1.54, 1.807) is 11.1 Å². The van der Waals surface area contributed by atoms with Crippen LogP contribution in [0.5, 0.6) is 0 Å². The molecule has 0 saturated carbocycles. The van der Waals surface area contributed by atoms with E-state index in [0.717, 1.165) is 37.1 Å². The maximum atomic E-state index is 11.3. The van der Waals surface area contributed by atoms with E-state index in [9.17, 15) is 4.79 Å². The van der Waals surface area contributed by atoms with Crippen LogP contribution in [0.3, 0.4) is 0 Å². The Bertz CT molecular complexity index is 361. The summed E-state index contributed by atoms with van der Waals surface area (Å²) in [5.41, 5.74) is 6.33. The van der Waals surface area contributed by atoms with Gasteiger partial charge in [0.2, 0.25) is 0 Å². The van der Waals surface area contributed by atoms with Gasteiger partial charge in [0.05, 0.1) is 12.2 Å². The number of amides is 2. The molecule has 0 bridgehead atoms. The van der Waals surface area contributed by atoms with Gasteiger partial charge in [0.15, 0.2) is 0 Å². The second-order valence-corrected chi connectivity index (χ2v) is 3.88. The lowest BCUT2D eigenvalue weighted by atomic mass is 9.96.